The van der Waals surface area contributed by atoms with E-state index in [1.165, 1.54) is 12.1 Å². The molecule has 2 N–H and O–H groups in total. The molecule has 0 saturated heterocycles. The Labute approximate surface area is 176 Å². The van der Waals surface area contributed by atoms with Crippen LogP contribution in [0.3, 0.4) is 0 Å². The van der Waals surface area contributed by atoms with Gasteiger partial charge in [-0.05, 0) is 57.5 Å². The molecule has 0 radical (unpaired) electrons. The quantitative estimate of drug-likeness (QED) is 0.458. The van der Waals surface area contributed by atoms with Crippen LogP contribution < -0.4 is 10.6 Å². The molecule has 30 heavy (non-hydrogen) atoms. The van der Waals surface area contributed by atoms with Crippen molar-refractivity contribution < 1.29 is 23.9 Å². The molecular weight excluding hydrogens is 386 g/mol. The number of esters is 1. The Morgan fingerprint density at radius 2 is 1.83 bits per heavy atom. The summed E-state index contributed by atoms with van der Waals surface area (Å²) in [7, 11) is 0. The van der Waals surface area contributed by atoms with E-state index in [9.17, 15) is 14.4 Å². The van der Waals surface area contributed by atoms with Crippen LogP contribution in [0.1, 0.15) is 57.2 Å². The Morgan fingerprint density at radius 1 is 1.03 bits per heavy atom. The first-order valence-corrected chi connectivity index (χ1v) is 9.88. The third-order valence-electron chi connectivity index (χ3n) is 4.15. The van der Waals surface area contributed by atoms with Crippen LogP contribution in [0.2, 0.25) is 0 Å². The van der Waals surface area contributed by atoms with Crippen LogP contribution in [0.15, 0.2) is 36.4 Å². The van der Waals surface area contributed by atoms with Gasteiger partial charge in [-0.1, -0.05) is 6.07 Å². The lowest BCUT2D eigenvalue weighted by atomic mass is 10.1. The van der Waals surface area contributed by atoms with E-state index in [1.54, 1.807) is 38.1 Å². The predicted octanol–water partition coefficient (Wildman–Crippen LogP) is 2.98. The molecule has 0 atom stereocenters. The van der Waals surface area contributed by atoms with Crippen LogP contribution in [0.25, 0.3) is 0 Å². The molecule has 0 aliphatic heterocycles. The number of carbonyl (C=O) groups is 3. The minimum absolute atomic E-state index is 0.159. The number of carbonyl (C=O) groups excluding carboxylic acids is 3. The molecule has 0 fully saturated rings. The zero-order valence-electron chi connectivity index (χ0n) is 17.5. The van der Waals surface area contributed by atoms with Crippen LogP contribution in [0.4, 0.5) is 5.69 Å². The van der Waals surface area contributed by atoms with Crippen molar-refractivity contribution >= 4 is 23.5 Å². The number of nitrogens with one attached hydrogen (secondary N) is 2. The van der Waals surface area contributed by atoms with E-state index in [0.717, 1.165) is 6.42 Å². The van der Waals surface area contributed by atoms with Gasteiger partial charge in [-0.3, -0.25) is 9.59 Å². The number of hydrogen-bond acceptors (Lipinski definition) is 6. The standard InChI is InChI=1S/C22H27N3O5/c1-4-29-13-7-12-23-20(26)16-8-6-9-17(14-16)25-21(27)19-11-10-18(15(3)24-19)22(28)30-5-2/h6,8-11,14H,4-5,7,12-13H2,1-3H3,(H,23,26)(H,25,27). The van der Waals surface area contributed by atoms with Crippen molar-refractivity contribution in [2.24, 2.45) is 0 Å². The van der Waals surface area contributed by atoms with Crippen LogP contribution in [-0.2, 0) is 9.47 Å². The van der Waals surface area contributed by atoms with Gasteiger partial charge in [-0.2, -0.15) is 0 Å². The number of ether oxygens (including phenoxy) is 2. The van der Waals surface area contributed by atoms with Gasteiger partial charge in [0.15, 0.2) is 0 Å². The summed E-state index contributed by atoms with van der Waals surface area (Å²) in [6.07, 6.45) is 0.725. The zero-order valence-corrected chi connectivity index (χ0v) is 17.5. The van der Waals surface area contributed by atoms with E-state index in [2.05, 4.69) is 15.6 Å². The fourth-order valence-electron chi connectivity index (χ4n) is 2.67. The monoisotopic (exact) mass is 413 g/mol. The minimum atomic E-state index is -0.477. The first-order valence-electron chi connectivity index (χ1n) is 9.88. The molecule has 1 heterocycles. The molecule has 2 amide bonds. The second-order valence-electron chi connectivity index (χ2n) is 6.39. The molecule has 0 unspecified atom stereocenters. The number of benzene rings is 1. The van der Waals surface area contributed by atoms with E-state index in [1.807, 2.05) is 6.92 Å². The normalized spacial score (nSPS) is 10.4. The third kappa shape index (κ3) is 6.66. The number of hydrogen-bond donors (Lipinski definition) is 2. The second kappa shape index (κ2) is 11.7. The lowest BCUT2D eigenvalue weighted by molar-refractivity contribution is 0.0524. The first-order chi connectivity index (χ1) is 14.5. The molecule has 0 spiro atoms. The van der Waals surface area contributed by atoms with E-state index in [0.29, 0.717) is 42.3 Å². The van der Waals surface area contributed by atoms with Crippen molar-refractivity contribution in [2.75, 3.05) is 31.7 Å². The number of amides is 2. The molecule has 2 aromatic rings. The lowest BCUT2D eigenvalue weighted by Gasteiger charge is -2.10. The molecule has 1 aromatic carbocycles. The van der Waals surface area contributed by atoms with Gasteiger partial charge >= 0.3 is 5.97 Å². The summed E-state index contributed by atoms with van der Waals surface area (Å²) < 4.78 is 10.2. The van der Waals surface area contributed by atoms with Crippen molar-refractivity contribution in [3.05, 3.63) is 58.9 Å². The molecule has 160 valence electrons. The van der Waals surface area contributed by atoms with Gasteiger partial charge in [-0.25, -0.2) is 9.78 Å². The summed E-state index contributed by atoms with van der Waals surface area (Å²) in [6, 6.07) is 9.61. The first kappa shape index (κ1) is 23.0. The average molecular weight is 413 g/mol. The van der Waals surface area contributed by atoms with Crippen LogP contribution in [-0.4, -0.2) is 49.1 Å². The summed E-state index contributed by atoms with van der Waals surface area (Å²) in [5, 5.41) is 5.54. The van der Waals surface area contributed by atoms with E-state index < -0.39 is 11.9 Å². The third-order valence-corrected chi connectivity index (χ3v) is 4.15. The van der Waals surface area contributed by atoms with E-state index in [-0.39, 0.29) is 18.2 Å². The van der Waals surface area contributed by atoms with Gasteiger partial charge in [0.05, 0.1) is 17.9 Å². The largest absolute Gasteiger partial charge is 0.462 e. The fourth-order valence-corrected chi connectivity index (χ4v) is 2.67. The molecule has 8 nitrogen and oxygen atoms in total. The molecule has 0 bridgehead atoms. The summed E-state index contributed by atoms with van der Waals surface area (Å²) in [5.41, 5.74) is 1.78. The highest BCUT2D eigenvalue weighted by Crippen LogP contribution is 2.14. The lowest BCUT2D eigenvalue weighted by Crippen LogP contribution is -2.25. The van der Waals surface area contributed by atoms with Gasteiger partial charge in [-0.15, -0.1) is 0 Å². The number of rotatable bonds is 10. The maximum atomic E-state index is 12.5. The summed E-state index contributed by atoms with van der Waals surface area (Å²) in [5.74, 6) is -1.15. The smallest absolute Gasteiger partial charge is 0.339 e. The summed E-state index contributed by atoms with van der Waals surface area (Å²) in [6.45, 7) is 7.29. The molecule has 0 aliphatic rings. The maximum Gasteiger partial charge on any atom is 0.339 e. The fraction of sp³-hybridized carbons (Fsp3) is 0.364. The Hall–Kier alpha value is -3.26. The van der Waals surface area contributed by atoms with E-state index in [4.69, 9.17) is 9.47 Å². The van der Waals surface area contributed by atoms with Crippen molar-refractivity contribution in [3.63, 3.8) is 0 Å². The predicted molar refractivity (Wildman–Crippen MR) is 113 cm³/mol. The van der Waals surface area contributed by atoms with E-state index >= 15 is 0 Å². The summed E-state index contributed by atoms with van der Waals surface area (Å²) >= 11 is 0. The van der Waals surface area contributed by atoms with Gasteiger partial charge in [0, 0.05) is 31.0 Å². The zero-order chi connectivity index (χ0) is 21.9. The highest BCUT2D eigenvalue weighted by molar-refractivity contribution is 6.04. The number of nitrogens with zero attached hydrogens (tertiary/aromatic N) is 1. The molecule has 0 aliphatic carbocycles. The maximum absolute atomic E-state index is 12.5. The van der Waals surface area contributed by atoms with Gasteiger partial charge < -0.3 is 20.1 Å². The Balaban J connectivity index is 2.00. The van der Waals surface area contributed by atoms with Crippen LogP contribution in [0.5, 0.6) is 0 Å². The van der Waals surface area contributed by atoms with Crippen molar-refractivity contribution in [1.29, 1.82) is 0 Å². The molecule has 8 heteroatoms. The average Bonchev–Trinajstić information content (AvgIpc) is 2.73. The molecular formula is C22H27N3O5. The number of anilines is 1. The Morgan fingerprint density at radius 3 is 2.53 bits per heavy atom. The van der Waals surface area contributed by atoms with Crippen LogP contribution in [0, 0.1) is 6.92 Å². The SMILES string of the molecule is CCOCCCNC(=O)c1cccc(NC(=O)c2ccc(C(=O)OCC)c(C)n2)c1. The topological polar surface area (TPSA) is 107 Å². The Kier molecular flexibility index (Phi) is 8.96. The number of aromatic nitrogens is 1. The molecule has 1 aromatic heterocycles. The highest BCUT2D eigenvalue weighted by atomic mass is 16.5. The number of pyridine rings is 1. The van der Waals surface area contributed by atoms with Gasteiger partial charge in [0.2, 0.25) is 0 Å². The van der Waals surface area contributed by atoms with Crippen molar-refractivity contribution in [3.8, 4) is 0 Å². The minimum Gasteiger partial charge on any atom is -0.462 e. The molecule has 2 rings (SSSR count). The van der Waals surface area contributed by atoms with Crippen molar-refractivity contribution in [1.82, 2.24) is 10.3 Å². The van der Waals surface area contributed by atoms with Gasteiger partial charge in [0.25, 0.3) is 11.8 Å². The van der Waals surface area contributed by atoms with Gasteiger partial charge in [0.1, 0.15) is 5.69 Å². The van der Waals surface area contributed by atoms with Crippen LogP contribution >= 0.6 is 0 Å². The molecule has 0 saturated carbocycles. The Bertz CT molecular complexity index is 898. The highest BCUT2D eigenvalue weighted by Gasteiger charge is 2.15. The summed E-state index contributed by atoms with van der Waals surface area (Å²) in [4.78, 5) is 40.8. The van der Waals surface area contributed by atoms with Crippen molar-refractivity contribution in [2.45, 2.75) is 27.2 Å². The second-order valence-corrected chi connectivity index (χ2v) is 6.39. The number of aryl methyl sites for hydroxylation is 1.